The minimum absolute atomic E-state index is 0.125. The Morgan fingerprint density at radius 1 is 0.958 bits per heavy atom. The summed E-state index contributed by atoms with van der Waals surface area (Å²) in [6.45, 7) is 1.19. The van der Waals surface area contributed by atoms with Crippen molar-refractivity contribution in [3.05, 3.63) is 83.9 Å². The van der Waals surface area contributed by atoms with E-state index in [-0.39, 0.29) is 5.91 Å². The van der Waals surface area contributed by atoms with Gasteiger partial charge >= 0.3 is 0 Å². The Labute approximate surface area is 140 Å². The minimum atomic E-state index is 0.125. The fraction of sp³-hybridized carbons (Fsp3) is 0.150. The number of nitrogens with zero attached hydrogens (tertiary/aromatic N) is 3. The molecule has 0 N–H and O–H groups in total. The maximum absolute atomic E-state index is 12.5. The van der Waals surface area contributed by atoms with Crippen molar-refractivity contribution >= 4 is 5.91 Å². The van der Waals surface area contributed by atoms with Crippen LogP contribution in [0.2, 0.25) is 0 Å². The van der Waals surface area contributed by atoms with E-state index in [2.05, 4.69) is 34.2 Å². The molecule has 0 saturated heterocycles. The van der Waals surface area contributed by atoms with E-state index in [0.29, 0.717) is 19.5 Å². The van der Waals surface area contributed by atoms with Gasteiger partial charge in [-0.05, 0) is 16.7 Å². The van der Waals surface area contributed by atoms with Crippen LogP contribution in [0.3, 0.4) is 0 Å². The van der Waals surface area contributed by atoms with Crippen LogP contribution in [0.1, 0.15) is 16.8 Å². The molecule has 0 atom stereocenters. The molecule has 0 radical (unpaired) electrons. The average molecular weight is 315 g/mol. The summed E-state index contributed by atoms with van der Waals surface area (Å²) < 4.78 is 0. The summed E-state index contributed by atoms with van der Waals surface area (Å²) in [5.74, 6) is 0.125. The molecular formula is C20H17N3O. The van der Waals surface area contributed by atoms with E-state index in [1.807, 2.05) is 35.2 Å². The average Bonchev–Trinajstić information content (AvgIpc) is 3.07. The lowest BCUT2D eigenvalue weighted by Crippen LogP contribution is -2.26. The topological polar surface area (TPSA) is 46.1 Å². The van der Waals surface area contributed by atoms with Crippen LogP contribution in [0.4, 0.5) is 0 Å². The molecule has 4 rings (SSSR count). The first-order valence-corrected chi connectivity index (χ1v) is 7.99. The highest BCUT2D eigenvalue weighted by Crippen LogP contribution is 2.22. The van der Waals surface area contributed by atoms with Crippen molar-refractivity contribution in [3.63, 3.8) is 0 Å². The maximum atomic E-state index is 12.5. The van der Waals surface area contributed by atoms with E-state index in [1.165, 1.54) is 11.9 Å². The Kier molecular flexibility index (Phi) is 3.79. The highest BCUT2D eigenvalue weighted by molar-refractivity contribution is 5.79. The van der Waals surface area contributed by atoms with Crippen LogP contribution in [0.15, 0.2) is 67.1 Å². The van der Waals surface area contributed by atoms with Crippen LogP contribution in [0, 0.1) is 0 Å². The van der Waals surface area contributed by atoms with Gasteiger partial charge in [-0.25, -0.2) is 9.97 Å². The third-order valence-corrected chi connectivity index (χ3v) is 4.35. The number of carbonyl (C=O) groups excluding carboxylic acids is 1. The van der Waals surface area contributed by atoms with Crippen LogP contribution >= 0.6 is 0 Å². The van der Waals surface area contributed by atoms with Crippen LogP contribution < -0.4 is 0 Å². The third-order valence-electron chi connectivity index (χ3n) is 4.35. The molecule has 1 amide bonds. The van der Waals surface area contributed by atoms with Gasteiger partial charge in [0.2, 0.25) is 5.91 Å². The maximum Gasteiger partial charge on any atom is 0.227 e. The van der Waals surface area contributed by atoms with E-state index in [0.717, 1.165) is 22.4 Å². The fourth-order valence-electron chi connectivity index (χ4n) is 3.01. The van der Waals surface area contributed by atoms with Crippen LogP contribution in [-0.4, -0.2) is 20.8 Å². The van der Waals surface area contributed by atoms with Crippen LogP contribution in [-0.2, 0) is 24.3 Å². The lowest BCUT2D eigenvalue weighted by molar-refractivity contribution is -0.131. The Morgan fingerprint density at radius 3 is 2.46 bits per heavy atom. The van der Waals surface area contributed by atoms with Gasteiger partial charge in [-0.3, -0.25) is 4.79 Å². The first-order valence-electron chi connectivity index (χ1n) is 7.99. The number of hydrogen-bond acceptors (Lipinski definition) is 3. The molecule has 4 heteroatoms. The number of rotatable bonds is 3. The van der Waals surface area contributed by atoms with Crippen molar-refractivity contribution in [1.82, 2.24) is 14.9 Å². The van der Waals surface area contributed by atoms with Gasteiger partial charge in [-0.2, -0.15) is 0 Å². The summed E-state index contributed by atoms with van der Waals surface area (Å²) in [5.41, 5.74) is 5.38. The summed E-state index contributed by atoms with van der Waals surface area (Å²) in [6.07, 6.45) is 3.75. The van der Waals surface area contributed by atoms with Gasteiger partial charge in [-0.1, -0.05) is 54.6 Å². The number of fused-ring (bicyclic) bond motifs is 1. The zero-order valence-corrected chi connectivity index (χ0v) is 13.2. The predicted octanol–water partition coefficient (Wildman–Crippen LogP) is 3.23. The van der Waals surface area contributed by atoms with Crippen molar-refractivity contribution in [1.29, 1.82) is 0 Å². The summed E-state index contributed by atoms with van der Waals surface area (Å²) in [4.78, 5) is 22.6. The number of benzene rings is 2. The molecule has 2 aromatic carbocycles. The van der Waals surface area contributed by atoms with Crippen molar-refractivity contribution < 1.29 is 4.79 Å². The predicted molar refractivity (Wildman–Crippen MR) is 91.9 cm³/mol. The molecule has 0 aliphatic carbocycles. The Bertz CT molecular complexity index is 835. The first kappa shape index (κ1) is 14.6. The van der Waals surface area contributed by atoms with Gasteiger partial charge in [0.25, 0.3) is 0 Å². The van der Waals surface area contributed by atoms with Crippen molar-refractivity contribution in [2.24, 2.45) is 0 Å². The van der Waals surface area contributed by atoms with Gasteiger partial charge in [0.1, 0.15) is 6.33 Å². The molecule has 1 aliphatic rings. The van der Waals surface area contributed by atoms with E-state index >= 15 is 0 Å². The molecule has 0 fully saturated rings. The van der Waals surface area contributed by atoms with Gasteiger partial charge in [-0.15, -0.1) is 0 Å². The van der Waals surface area contributed by atoms with Gasteiger partial charge < -0.3 is 4.90 Å². The Balaban J connectivity index is 1.44. The quantitative estimate of drug-likeness (QED) is 0.745. The second kappa shape index (κ2) is 6.24. The second-order valence-corrected chi connectivity index (χ2v) is 5.98. The van der Waals surface area contributed by atoms with E-state index in [1.54, 1.807) is 6.20 Å². The SMILES string of the molecule is O=C(Cc1ccc(-c2ccccc2)cc1)N1Cc2cncnc2C1. The molecule has 0 spiro atoms. The number of hydrogen-bond donors (Lipinski definition) is 0. The van der Waals surface area contributed by atoms with E-state index < -0.39 is 0 Å². The summed E-state index contributed by atoms with van der Waals surface area (Å²) in [7, 11) is 0. The van der Waals surface area contributed by atoms with Crippen molar-refractivity contribution in [2.45, 2.75) is 19.5 Å². The molecule has 1 aliphatic heterocycles. The smallest absolute Gasteiger partial charge is 0.227 e. The molecule has 0 unspecified atom stereocenters. The highest BCUT2D eigenvalue weighted by atomic mass is 16.2. The molecular weight excluding hydrogens is 298 g/mol. The molecule has 3 aromatic rings. The largest absolute Gasteiger partial charge is 0.332 e. The second-order valence-electron chi connectivity index (χ2n) is 5.98. The molecule has 4 nitrogen and oxygen atoms in total. The number of amides is 1. The fourth-order valence-corrected chi connectivity index (χ4v) is 3.01. The number of carbonyl (C=O) groups is 1. The molecule has 0 bridgehead atoms. The summed E-state index contributed by atoms with van der Waals surface area (Å²) in [5, 5.41) is 0. The van der Waals surface area contributed by atoms with Crippen LogP contribution in [0.5, 0.6) is 0 Å². The van der Waals surface area contributed by atoms with Gasteiger partial charge in [0, 0.05) is 18.3 Å². The van der Waals surface area contributed by atoms with E-state index in [9.17, 15) is 4.79 Å². The van der Waals surface area contributed by atoms with Crippen LogP contribution in [0.25, 0.3) is 11.1 Å². The molecule has 118 valence electrons. The zero-order chi connectivity index (χ0) is 16.4. The summed E-state index contributed by atoms with van der Waals surface area (Å²) in [6, 6.07) is 18.4. The summed E-state index contributed by atoms with van der Waals surface area (Å²) >= 11 is 0. The van der Waals surface area contributed by atoms with Gasteiger partial charge in [0.05, 0.1) is 18.7 Å². The lowest BCUT2D eigenvalue weighted by Gasteiger charge is -2.15. The van der Waals surface area contributed by atoms with E-state index in [4.69, 9.17) is 0 Å². The minimum Gasteiger partial charge on any atom is -0.332 e. The first-order chi connectivity index (χ1) is 11.8. The molecule has 1 aromatic heterocycles. The zero-order valence-electron chi connectivity index (χ0n) is 13.2. The van der Waals surface area contributed by atoms with Crippen molar-refractivity contribution in [2.75, 3.05) is 0 Å². The Morgan fingerprint density at radius 2 is 1.71 bits per heavy atom. The standard InChI is InChI=1S/C20H17N3O/c24-20(23-12-18-11-21-14-22-19(18)13-23)10-15-6-8-17(9-7-15)16-4-2-1-3-5-16/h1-9,11,14H,10,12-13H2. The molecule has 2 heterocycles. The molecule has 24 heavy (non-hydrogen) atoms. The third kappa shape index (κ3) is 2.91. The normalized spacial score (nSPS) is 12.9. The lowest BCUT2D eigenvalue weighted by atomic mass is 10.0. The Hall–Kier alpha value is -3.01. The molecule has 0 saturated carbocycles. The monoisotopic (exact) mass is 315 g/mol. The highest BCUT2D eigenvalue weighted by Gasteiger charge is 2.24. The van der Waals surface area contributed by atoms with Gasteiger partial charge in [0.15, 0.2) is 0 Å². The van der Waals surface area contributed by atoms with Crippen molar-refractivity contribution in [3.8, 4) is 11.1 Å². The number of aromatic nitrogens is 2.